The lowest BCUT2D eigenvalue weighted by molar-refractivity contribution is 0.102. The van der Waals surface area contributed by atoms with Crippen molar-refractivity contribution in [2.75, 3.05) is 17.1 Å². The van der Waals surface area contributed by atoms with Gasteiger partial charge >= 0.3 is 0 Å². The molecule has 1 aromatic heterocycles. The SMILES string of the molecule is COc1ccc(NS(=O)(=O)c2ccc(C(=O)Nc3cccc(-c4csc(C)n4)c3)cc2)cc1. The number of sulfonamides is 1. The molecule has 0 spiro atoms. The van der Waals surface area contributed by atoms with E-state index in [1.54, 1.807) is 41.7 Å². The van der Waals surface area contributed by atoms with Crippen LogP contribution in [0.15, 0.2) is 83.1 Å². The van der Waals surface area contributed by atoms with Crippen LogP contribution in [0.3, 0.4) is 0 Å². The predicted molar refractivity (Wildman–Crippen MR) is 130 cm³/mol. The second kappa shape index (κ2) is 9.43. The second-order valence-corrected chi connectivity index (χ2v) is 9.89. The molecule has 0 saturated carbocycles. The summed E-state index contributed by atoms with van der Waals surface area (Å²) in [6, 6.07) is 19.7. The van der Waals surface area contributed by atoms with Crippen LogP contribution in [0.25, 0.3) is 11.3 Å². The van der Waals surface area contributed by atoms with E-state index in [-0.39, 0.29) is 10.8 Å². The Morgan fingerprint density at radius 2 is 1.70 bits per heavy atom. The first kappa shape index (κ1) is 22.5. The monoisotopic (exact) mass is 479 g/mol. The topological polar surface area (TPSA) is 97.4 Å². The summed E-state index contributed by atoms with van der Waals surface area (Å²) < 4.78 is 32.9. The number of benzene rings is 3. The summed E-state index contributed by atoms with van der Waals surface area (Å²) in [7, 11) is -2.26. The van der Waals surface area contributed by atoms with Gasteiger partial charge in [0.1, 0.15) is 5.75 Å². The zero-order chi connectivity index (χ0) is 23.4. The minimum atomic E-state index is -3.80. The summed E-state index contributed by atoms with van der Waals surface area (Å²) in [6.07, 6.45) is 0. The van der Waals surface area contributed by atoms with Gasteiger partial charge in [0.2, 0.25) is 0 Å². The molecule has 7 nitrogen and oxygen atoms in total. The fourth-order valence-corrected chi connectivity index (χ4v) is 4.79. The Morgan fingerprint density at radius 1 is 0.970 bits per heavy atom. The van der Waals surface area contributed by atoms with Crippen LogP contribution in [0.2, 0.25) is 0 Å². The molecule has 3 aromatic carbocycles. The second-order valence-electron chi connectivity index (χ2n) is 7.15. The molecule has 0 aliphatic carbocycles. The number of hydrogen-bond acceptors (Lipinski definition) is 6. The van der Waals surface area contributed by atoms with Gasteiger partial charge in [-0.05, 0) is 67.6 Å². The third kappa shape index (κ3) is 5.39. The van der Waals surface area contributed by atoms with Crippen molar-refractivity contribution in [2.45, 2.75) is 11.8 Å². The lowest BCUT2D eigenvalue weighted by atomic mass is 10.1. The average molecular weight is 480 g/mol. The number of thiazole rings is 1. The molecular formula is C24H21N3O4S2. The molecule has 1 amide bonds. The Morgan fingerprint density at radius 3 is 2.33 bits per heavy atom. The fraction of sp³-hybridized carbons (Fsp3) is 0.0833. The highest BCUT2D eigenvalue weighted by atomic mass is 32.2. The molecule has 0 aliphatic rings. The van der Waals surface area contributed by atoms with Crippen LogP contribution in [-0.2, 0) is 10.0 Å². The summed E-state index contributed by atoms with van der Waals surface area (Å²) in [6.45, 7) is 1.94. The van der Waals surface area contributed by atoms with Crippen LogP contribution in [0.1, 0.15) is 15.4 Å². The van der Waals surface area contributed by atoms with E-state index in [2.05, 4.69) is 15.0 Å². The Hall–Kier alpha value is -3.69. The molecule has 0 aliphatic heterocycles. The molecule has 2 N–H and O–H groups in total. The smallest absolute Gasteiger partial charge is 0.261 e. The van der Waals surface area contributed by atoms with Crippen LogP contribution in [-0.4, -0.2) is 26.4 Å². The molecule has 9 heteroatoms. The number of methoxy groups -OCH3 is 1. The minimum absolute atomic E-state index is 0.0516. The van der Waals surface area contributed by atoms with Gasteiger partial charge < -0.3 is 10.1 Å². The first-order valence-electron chi connectivity index (χ1n) is 9.95. The number of carbonyl (C=O) groups excluding carboxylic acids is 1. The van der Waals surface area contributed by atoms with Crippen molar-refractivity contribution in [3.8, 4) is 17.0 Å². The van der Waals surface area contributed by atoms with Crippen molar-refractivity contribution in [1.82, 2.24) is 4.98 Å². The number of anilines is 2. The highest BCUT2D eigenvalue weighted by molar-refractivity contribution is 7.92. The van der Waals surface area contributed by atoms with E-state index in [0.29, 0.717) is 22.7 Å². The summed E-state index contributed by atoms with van der Waals surface area (Å²) in [4.78, 5) is 17.2. The molecule has 4 rings (SSSR count). The number of nitrogens with zero attached hydrogens (tertiary/aromatic N) is 1. The Kier molecular flexibility index (Phi) is 6.43. The molecule has 0 atom stereocenters. The number of aromatic nitrogens is 1. The van der Waals surface area contributed by atoms with Gasteiger partial charge in [-0.1, -0.05) is 12.1 Å². The van der Waals surface area contributed by atoms with E-state index in [9.17, 15) is 13.2 Å². The van der Waals surface area contributed by atoms with Crippen LogP contribution in [0.4, 0.5) is 11.4 Å². The van der Waals surface area contributed by atoms with Gasteiger partial charge in [0.05, 0.1) is 22.7 Å². The molecule has 0 fully saturated rings. The number of hydrogen-bond donors (Lipinski definition) is 2. The highest BCUT2D eigenvalue weighted by Crippen LogP contribution is 2.25. The third-order valence-electron chi connectivity index (χ3n) is 4.80. The zero-order valence-electron chi connectivity index (χ0n) is 17.9. The average Bonchev–Trinajstić information content (AvgIpc) is 3.26. The quantitative estimate of drug-likeness (QED) is 0.381. The molecule has 1 heterocycles. The van der Waals surface area contributed by atoms with E-state index < -0.39 is 10.0 Å². The number of carbonyl (C=O) groups is 1. The van der Waals surface area contributed by atoms with Crippen molar-refractivity contribution in [3.63, 3.8) is 0 Å². The Labute approximate surface area is 196 Å². The van der Waals surface area contributed by atoms with E-state index in [1.165, 1.54) is 31.4 Å². The van der Waals surface area contributed by atoms with Crippen LogP contribution in [0.5, 0.6) is 5.75 Å². The molecule has 0 bridgehead atoms. The molecule has 0 saturated heterocycles. The fourth-order valence-electron chi connectivity index (χ4n) is 3.11. The molecule has 168 valence electrons. The first-order chi connectivity index (χ1) is 15.8. The van der Waals surface area contributed by atoms with Crippen molar-refractivity contribution in [2.24, 2.45) is 0 Å². The Balaban J connectivity index is 1.45. The van der Waals surface area contributed by atoms with Gasteiger partial charge in [-0.15, -0.1) is 11.3 Å². The maximum absolute atomic E-state index is 12.7. The van der Waals surface area contributed by atoms with Crippen LogP contribution >= 0.6 is 11.3 Å². The van der Waals surface area contributed by atoms with E-state index in [4.69, 9.17) is 4.74 Å². The summed E-state index contributed by atoms with van der Waals surface area (Å²) in [5.74, 6) is 0.286. The minimum Gasteiger partial charge on any atom is -0.497 e. The van der Waals surface area contributed by atoms with Crippen molar-refractivity contribution < 1.29 is 17.9 Å². The summed E-state index contributed by atoms with van der Waals surface area (Å²) >= 11 is 1.56. The maximum atomic E-state index is 12.7. The number of nitrogens with one attached hydrogen (secondary N) is 2. The lowest BCUT2D eigenvalue weighted by Crippen LogP contribution is -2.14. The molecule has 0 unspecified atom stereocenters. The summed E-state index contributed by atoms with van der Waals surface area (Å²) in [5, 5.41) is 5.78. The predicted octanol–water partition coefficient (Wildman–Crippen LogP) is 5.18. The van der Waals surface area contributed by atoms with Gasteiger partial charge in [0, 0.05) is 27.9 Å². The zero-order valence-corrected chi connectivity index (χ0v) is 19.5. The Bertz CT molecular complexity index is 1380. The molecule has 0 radical (unpaired) electrons. The van der Waals surface area contributed by atoms with Gasteiger partial charge in [0.25, 0.3) is 15.9 Å². The van der Waals surface area contributed by atoms with Gasteiger partial charge in [-0.25, -0.2) is 13.4 Å². The number of ether oxygens (including phenoxy) is 1. The standard InChI is InChI=1S/C24H21N3O4S2/c1-16-25-23(15-32-16)18-4-3-5-20(14-18)26-24(28)17-6-12-22(13-7-17)33(29,30)27-19-8-10-21(31-2)11-9-19/h3-15,27H,1-2H3,(H,26,28). The van der Waals surface area contributed by atoms with E-state index >= 15 is 0 Å². The van der Waals surface area contributed by atoms with Crippen molar-refractivity contribution in [3.05, 3.63) is 88.7 Å². The third-order valence-corrected chi connectivity index (χ3v) is 6.97. The number of amides is 1. The van der Waals surface area contributed by atoms with E-state index in [1.807, 2.05) is 30.5 Å². The van der Waals surface area contributed by atoms with Crippen LogP contribution in [0, 0.1) is 6.92 Å². The molecule has 4 aromatic rings. The van der Waals surface area contributed by atoms with Crippen molar-refractivity contribution in [1.29, 1.82) is 0 Å². The molecular weight excluding hydrogens is 458 g/mol. The van der Waals surface area contributed by atoms with Crippen LogP contribution < -0.4 is 14.8 Å². The largest absolute Gasteiger partial charge is 0.497 e. The lowest BCUT2D eigenvalue weighted by Gasteiger charge is -2.10. The van der Waals surface area contributed by atoms with Gasteiger partial charge in [0.15, 0.2) is 0 Å². The van der Waals surface area contributed by atoms with Crippen molar-refractivity contribution >= 4 is 38.6 Å². The van der Waals surface area contributed by atoms with Gasteiger partial charge in [-0.2, -0.15) is 0 Å². The number of rotatable bonds is 7. The van der Waals surface area contributed by atoms with E-state index in [0.717, 1.165) is 16.3 Å². The summed E-state index contributed by atoms with van der Waals surface area (Å²) in [5.41, 5.74) is 3.14. The molecule has 33 heavy (non-hydrogen) atoms. The van der Waals surface area contributed by atoms with Gasteiger partial charge in [-0.3, -0.25) is 9.52 Å². The first-order valence-corrected chi connectivity index (χ1v) is 12.3. The highest BCUT2D eigenvalue weighted by Gasteiger charge is 2.16. The number of aryl methyl sites for hydroxylation is 1. The normalized spacial score (nSPS) is 11.1. The maximum Gasteiger partial charge on any atom is 0.261 e.